The van der Waals surface area contributed by atoms with Gasteiger partial charge in [0.15, 0.2) is 0 Å². The van der Waals surface area contributed by atoms with Crippen LogP contribution in [0.2, 0.25) is 0 Å². The quantitative estimate of drug-likeness (QED) is 0.751. The number of methoxy groups -OCH3 is 1. The first-order valence-electron chi connectivity index (χ1n) is 7.96. The van der Waals surface area contributed by atoms with Crippen LogP contribution in [-0.2, 0) is 9.53 Å². The minimum atomic E-state index is -0.329. The maximum atomic E-state index is 12.4. The fourth-order valence-corrected chi connectivity index (χ4v) is 3.05. The minimum Gasteiger partial charge on any atom is -0.499 e. The Morgan fingerprint density at radius 1 is 1.27 bits per heavy atom. The summed E-state index contributed by atoms with van der Waals surface area (Å²) in [6.45, 7) is 2.07. The molecule has 0 spiro atoms. The van der Waals surface area contributed by atoms with E-state index < -0.39 is 0 Å². The molecule has 2 atom stereocenters. The molecule has 0 bridgehead atoms. The summed E-state index contributed by atoms with van der Waals surface area (Å²) in [6, 6.07) is 9.27. The van der Waals surface area contributed by atoms with E-state index in [9.17, 15) is 9.90 Å². The molecule has 0 unspecified atom stereocenters. The molecule has 1 N–H and O–H groups in total. The first-order valence-corrected chi connectivity index (χ1v) is 7.96. The van der Waals surface area contributed by atoms with Gasteiger partial charge in [0.2, 0.25) is 0 Å². The summed E-state index contributed by atoms with van der Waals surface area (Å²) in [5, 5.41) is 9.85. The van der Waals surface area contributed by atoms with Crippen LogP contribution >= 0.6 is 0 Å². The average molecular weight is 303 g/mol. The van der Waals surface area contributed by atoms with Crippen molar-refractivity contribution in [3.05, 3.63) is 47.7 Å². The smallest absolute Gasteiger partial charge is 0.251 e. The monoisotopic (exact) mass is 303 g/mol. The van der Waals surface area contributed by atoms with Gasteiger partial charge in [-0.1, -0.05) is 56.5 Å². The summed E-state index contributed by atoms with van der Waals surface area (Å²) < 4.78 is 5.40. The number of carbonyl (C=O) groups excluding carboxylic acids is 1. The number of aliphatic hydroxyl groups is 1. The zero-order valence-corrected chi connectivity index (χ0v) is 13.4. The number of nitrogens with zero attached hydrogens (tertiary/aromatic N) is 1. The lowest BCUT2D eigenvalue weighted by Crippen LogP contribution is -2.40. The van der Waals surface area contributed by atoms with Gasteiger partial charge in [0.05, 0.1) is 25.8 Å². The molecular weight excluding hydrogens is 278 g/mol. The SMILES string of the molecule is CCCCC[C@H]1C(OC)=CC(=O)N1[C@H](CO)c1ccccc1. The van der Waals surface area contributed by atoms with Gasteiger partial charge < -0.3 is 14.7 Å². The maximum absolute atomic E-state index is 12.4. The molecule has 0 aromatic heterocycles. The van der Waals surface area contributed by atoms with E-state index in [0.717, 1.165) is 31.2 Å². The van der Waals surface area contributed by atoms with Crippen LogP contribution in [0.15, 0.2) is 42.2 Å². The lowest BCUT2D eigenvalue weighted by Gasteiger charge is -2.33. The third-order valence-corrected chi connectivity index (χ3v) is 4.19. The second-order valence-corrected chi connectivity index (χ2v) is 5.62. The fraction of sp³-hybridized carbons (Fsp3) is 0.500. The van der Waals surface area contributed by atoms with E-state index in [2.05, 4.69) is 6.92 Å². The standard InChI is InChI=1S/C18H25NO3/c1-3-4-6-11-15-17(22-2)12-18(21)19(15)16(13-20)14-9-7-5-8-10-14/h5,7-10,12,15-16,20H,3-4,6,11,13H2,1-2H3/t15-,16+/m0/s1. The Morgan fingerprint density at radius 2 is 2.00 bits per heavy atom. The van der Waals surface area contributed by atoms with Gasteiger partial charge in [-0.05, 0) is 12.0 Å². The molecule has 1 aromatic carbocycles. The third kappa shape index (κ3) is 3.50. The molecule has 1 amide bonds. The maximum Gasteiger partial charge on any atom is 0.251 e. The fourth-order valence-electron chi connectivity index (χ4n) is 3.05. The lowest BCUT2D eigenvalue weighted by molar-refractivity contribution is -0.130. The van der Waals surface area contributed by atoms with Gasteiger partial charge >= 0.3 is 0 Å². The Labute approximate surface area is 132 Å². The van der Waals surface area contributed by atoms with Crippen molar-refractivity contribution >= 4 is 5.91 Å². The predicted molar refractivity (Wildman–Crippen MR) is 86.1 cm³/mol. The number of ether oxygens (including phenoxy) is 1. The summed E-state index contributed by atoms with van der Waals surface area (Å²) in [7, 11) is 1.60. The van der Waals surface area contributed by atoms with Crippen molar-refractivity contribution in [2.75, 3.05) is 13.7 Å². The van der Waals surface area contributed by atoms with Crippen molar-refractivity contribution in [3.63, 3.8) is 0 Å². The van der Waals surface area contributed by atoms with E-state index in [-0.39, 0.29) is 24.6 Å². The Hall–Kier alpha value is -1.81. The topological polar surface area (TPSA) is 49.8 Å². The first-order chi connectivity index (χ1) is 10.7. The van der Waals surface area contributed by atoms with Crippen LogP contribution in [0, 0.1) is 0 Å². The highest BCUT2D eigenvalue weighted by Crippen LogP contribution is 2.33. The average Bonchev–Trinajstić information content (AvgIpc) is 2.86. The predicted octanol–water partition coefficient (Wildman–Crippen LogP) is 3.04. The van der Waals surface area contributed by atoms with Crippen LogP contribution in [0.5, 0.6) is 0 Å². The van der Waals surface area contributed by atoms with Crippen LogP contribution in [0.3, 0.4) is 0 Å². The molecule has 0 saturated heterocycles. The van der Waals surface area contributed by atoms with Gasteiger partial charge in [-0.15, -0.1) is 0 Å². The Bertz CT molecular complexity index is 512. The zero-order chi connectivity index (χ0) is 15.9. The number of benzene rings is 1. The van der Waals surface area contributed by atoms with E-state index in [1.807, 2.05) is 30.3 Å². The highest BCUT2D eigenvalue weighted by atomic mass is 16.5. The highest BCUT2D eigenvalue weighted by Gasteiger charge is 2.38. The zero-order valence-electron chi connectivity index (χ0n) is 13.4. The Balaban J connectivity index is 2.23. The van der Waals surface area contributed by atoms with Gasteiger partial charge in [-0.3, -0.25) is 4.79 Å². The van der Waals surface area contributed by atoms with Crippen LogP contribution < -0.4 is 0 Å². The van der Waals surface area contributed by atoms with E-state index in [4.69, 9.17) is 4.74 Å². The summed E-state index contributed by atoms with van der Waals surface area (Å²) in [4.78, 5) is 14.2. The number of hydrogen-bond acceptors (Lipinski definition) is 3. The summed E-state index contributed by atoms with van der Waals surface area (Å²) >= 11 is 0. The van der Waals surface area contributed by atoms with Crippen LogP contribution in [0.1, 0.15) is 44.2 Å². The molecule has 4 nitrogen and oxygen atoms in total. The van der Waals surface area contributed by atoms with E-state index >= 15 is 0 Å². The third-order valence-electron chi connectivity index (χ3n) is 4.19. The molecule has 0 saturated carbocycles. The molecule has 1 aliphatic rings. The molecule has 0 radical (unpaired) electrons. The number of rotatable bonds is 8. The molecule has 2 rings (SSSR count). The summed E-state index contributed by atoms with van der Waals surface area (Å²) in [5.41, 5.74) is 0.949. The number of aliphatic hydroxyl groups excluding tert-OH is 1. The molecule has 4 heteroatoms. The van der Waals surface area contributed by atoms with E-state index in [1.165, 1.54) is 0 Å². The van der Waals surface area contributed by atoms with Gasteiger partial charge in [-0.2, -0.15) is 0 Å². The molecule has 1 heterocycles. The molecule has 22 heavy (non-hydrogen) atoms. The minimum absolute atomic E-state index is 0.0820. The summed E-state index contributed by atoms with van der Waals surface area (Å²) in [5.74, 6) is 0.622. The van der Waals surface area contributed by atoms with E-state index in [1.54, 1.807) is 18.1 Å². The van der Waals surface area contributed by atoms with Crippen molar-refractivity contribution < 1.29 is 14.6 Å². The van der Waals surface area contributed by atoms with Crippen LogP contribution in [-0.4, -0.2) is 35.7 Å². The Kier molecular flexibility index (Phi) is 6.01. The van der Waals surface area contributed by atoms with Crippen molar-refractivity contribution in [3.8, 4) is 0 Å². The molecule has 0 aliphatic carbocycles. The molecule has 120 valence electrons. The molecular formula is C18H25NO3. The van der Waals surface area contributed by atoms with Crippen molar-refractivity contribution in [2.24, 2.45) is 0 Å². The number of carbonyl (C=O) groups is 1. The molecule has 0 fully saturated rings. The van der Waals surface area contributed by atoms with Gasteiger partial charge in [0.1, 0.15) is 5.76 Å². The van der Waals surface area contributed by atoms with Gasteiger partial charge in [0.25, 0.3) is 5.91 Å². The molecule has 1 aliphatic heterocycles. The highest BCUT2D eigenvalue weighted by molar-refractivity contribution is 5.91. The number of hydrogen-bond donors (Lipinski definition) is 1. The number of unbranched alkanes of at least 4 members (excludes halogenated alkanes) is 2. The Morgan fingerprint density at radius 3 is 2.59 bits per heavy atom. The molecule has 1 aromatic rings. The van der Waals surface area contributed by atoms with Crippen molar-refractivity contribution in [2.45, 2.75) is 44.7 Å². The summed E-state index contributed by atoms with van der Waals surface area (Å²) in [6.07, 6.45) is 5.73. The van der Waals surface area contributed by atoms with Gasteiger partial charge in [0, 0.05) is 6.08 Å². The van der Waals surface area contributed by atoms with Crippen LogP contribution in [0.4, 0.5) is 0 Å². The van der Waals surface area contributed by atoms with Crippen molar-refractivity contribution in [1.29, 1.82) is 0 Å². The van der Waals surface area contributed by atoms with Gasteiger partial charge in [-0.25, -0.2) is 0 Å². The first kappa shape index (κ1) is 16.6. The lowest BCUT2D eigenvalue weighted by atomic mass is 10.0. The van der Waals surface area contributed by atoms with Crippen LogP contribution in [0.25, 0.3) is 0 Å². The van der Waals surface area contributed by atoms with Crippen molar-refractivity contribution in [1.82, 2.24) is 4.90 Å². The normalized spacial score (nSPS) is 19.2. The number of amides is 1. The largest absolute Gasteiger partial charge is 0.499 e. The second-order valence-electron chi connectivity index (χ2n) is 5.62. The second kappa shape index (κ2) is 7.99. The van der Waals surface area contributed by atoms with E-state index in [0.29, 0.717) is 5.76 Å².